The van der Waals surface area contributed by atoms with Gasteiger partial charge in [0.25, 0.3) is 0 Å². The number of nitrogens with two attached hydrogens (primary N) is 1. The zero-order valence-corrected chi connectivity index (χ0v) is 15.3. The summed E-state index contributed by atoms with van der Waals surface area (Å²) in [7, 11) is 0. The fourth-order valence-corrected chi connectivity index (χ4v) is 3.80. The van der Waals surface area contributed by atoms with Crippen LogP contribution in [0.15, 0.2) is 40.9 Å². The van der Waals surface area contributed by atoms with Crippen molar-refractivity contribution in [2.45, 2.75) is 31.0 Å². The van der Waals surface area contributed by atoms with E-state index < -0.39 is 17.5 Å². The fraction of sp³-hybridized carbons (Fsp3) is 0.333. The topological polar surface area (TPSA) is 55.5 Å². The van der Waals surface area contributed by atoms with Gasteiger partial charge in [-0.05, 0) is 34.3 Å². The standard InChI is InChI=1S/C18H18BrClFNO2/c19-16-13-9-18(7-6-12(23)10-22,11-4-2-1-3-5-11)24-15(13)8-14(21)17(16)20/h1-5,8,12,23H,6-7,9-10,22H2. The van der Waals surface area contributed by atoms with Crippen LogP contribution >= 0.6 is 27.5 Å². The van der Waals surface area contributed by atoms with Crippen LogP contribution < -0.4 is 10.5 Å². The van der Waals surface area contributed by atoms with E-state index in [0.717, 1.165) is 11.1 Å². The van der Waals surface area contributed by atoms with E-state index in [1.165, 1.54) is 6.07 Å². The maximum atomic E-state index is 14.0. The van der Waals surface area contributed by atoms with Crippen molar-refractivity contribution in [3.63, 3.8) is 0 Å². The highest BCUT2D eigenvalue weighted by Crippen LogP contribution is 2.49. The van der Waals surface area contributed by atoms with Gasteiger partial charge in [-0.2, -0.15) is 0 Å². The number of aliphatic hydroxyl groups excluding tert-OH is 1. The summed E-state index contributed by atoms with van der Waals surface area (Å²) in [4.78, 5) is 0. The normalized spacial score (nSPS) is 20.5. The van der Waals surface area contributed by atoms with Gasteiger partial charge in [-0.25, -0.2) is 4.39 Å². The average molecular weight is 415 g/mol. The van der Waals surface area contributed by atoms with Gasteiger partial charge in [-0.3, -0.25) is 0 Å². The highest BCUT2D eigenvalue weighted by molar-refractivity contribution is 9.10. The summed E-state index contributed by atoms with van der Waals surface area (Å²) in [6.07, 6.45) is 1.01. The summed E-state index contributed by atoms with van der Waals surface area (Å²) in [5.74, 6) is -0.0389. The third kappa shape index (κ3) is 3.18. The Labute approximate surface area is 153 Å². The first-order valence-corrected chi connectivity index (χ1v) is 8.93. The lowest BCUT2D eigenvalue weighted by atomic mass is 9.84. The van der Waals surface area contributed by atoms with Gasteiger partial charge in [0, 0.05) is 29.1 Å². The van der Waals surface area contributed by atoms with Crippen molar-refractivity contribution in [2.24, 2.45) is 5.73 Å². The third-order valence-corrected chi connectivity index (χ3v) is 5.92. The summed E-state index contributed by atoms with van der Waals surface area (Å²) < 4.78 is 20.7. The number of ether oxygens (including phenoxy) is 1. The van der Waals surface area contributed by atoms with Gasteiger partial charge in [0.1, 0.15) is 17.2 Å². The van der Waals surface area contributed by atoms with E-state index in [-0.39, 0.29) is 11.6 Å². The molecule has 2 atom stereocenters. The van der Waals surface area contributed by atoms with Crippen LogP contribution in [0.2, 0.25) is 5.02 Å². The van der Waals surface area contributed by atoms with Gasteiger partial charge in [0.15, 0.2) is 0 Å². The second kappa shape index (κ2) is 7.00. The second-order valence-electron chi connectivity index (χ2n) is 6.03. The fourth-order valence-electron chi connectivity index (χ4n) is 3.10. The lowest BCUT2D eigenvalue weighted by Crippen LogP contribution is -2.33. The van der Waals surface area contributed by atoms with Crippen molar-refractivity contribution in [3.8, 4) is 5.75 Å². The van der Waals surface area contributed by atoms with Crippen molar-refractivity contribution < 1.29 is 14.2 Å². The van der Waals surface area contributed by atoms with Gasteiger partial charge in [-0.1, -0.05) is 41.9 Å². The SMILES string of the molecule is NCC(O)CCC1(c2ccccc2)Cc2c(cc(F)c(Cl)c2Br)O1. The maximum absolute atomic E-state index is 14.0. The van der Waals surface area contributed by atoms with Crippen LogP contribution in [0.1, 0.15) is 24.0 Å². The molecule has 3 N–H and O–H groups in total. The molecule has 1 heterocycles. The van der Waals surface area contributed by atoms with Crippen LogP contribution in [0.4, 0.5) is 4.39 Å². The van der Waals surface area contributed by atoms with Gasteiger partial charge < -0.3 is 15.6 Å². The molecule has 2 aromatic rings. The van der Waals surface area contributed by atoms with Crippen molar-refractivity contribution >= 4 is 27.5 Å². The minimum Gasteiger partial charge on any atom is -0.482 e. The van der Waals surface area contributed by atoms with Crippen LogP contribution in [0.3, 0.4) is 0 Å². The summed E-state index contributed by atoms with van der Waals surface area (Å²) in [5, 5.41) is 9.93. The van der Waals surface area contributed by atoms with E-state index >= 15 is 0 Å². The van der Waals surface area contributed by atoms with E-state index in [2.05, 4.69) is 15.9 Å². The van der Waals surface area contributed by atoms with Crippen LogP contribution in [-0.2, 0) is 12.0 Å². The number of hydrogen-bond acceptors (Lipinski definition) is 3. The van der Waals surface area contributed by atoms with Crippen LogP contribution in [0.5, 0.6) is 5.75 Å². The molecule has 0 amide bonds. The number of benzene rings is 2. The molecule has 2 unspecified atom stereocenters. The Morgan fingerprint density at radius 3 is 2.75 bits per heavy atom. The number of fused-ring (bicyclic) bond motifs is 1. The van der Waals surface area contributed by atoms with E-state index in [9.17, 15) is 9.50 Å². The number of aliphatic hydroxyl groups is 1. The average Bonchev–Trinajstić information content (AvgIpc) is 2.98. The largest absolute Gasteiger partial charge is 0.482 e. The number of hydrogen-bond donors (Lipinski definition) is 2. The molecule has 24 heavy (non-hydrogen) atoms. The van der Waals surface area contributed by atoms with Gasteiger partial charge in [0.05, 0.1) is 11.1 Å². The predicted octanol–water partition coefficient (Wildman–Crippen LogP) is 4.17. The van der Waals surface area contributed by atoms with Crippen LogP contribution in [-0.4, -0.2) is 17.8 Å². The first kappa shape index (κ1) is 17.7. The molecule has 1 aliphatic heterocycles. The van der Waals surface area contributed by atoms with E-state index in [1.54, 1.807) is 0 Å². The first-order chi connectivity index (χ1) is 11.5. The number of rotatable bonds is 5. The minimum absolute atomic E-state index is 0.0585. The zero-order valence-electron chi connectivity index (χ0n) is 12.9. The molecule has 0 aromatic heterocycles. The molecular weight excluding hydrogens is 397 g/mol. The molecule has 0 bridgehead atoms. The molecule has 3 nitrogen and oxygen atoms in total. The van der Waals surface area contributed by atoms with Crippen molar-refractivity contribution in [3.05, 3.63) is 62.8 Å². The maximum Gasteiger partial charge on any atom is 0.146 e. The number of halogens is 3. The molecule has 0 fully saturated rings. The molecule has 0 aliphatic carbocycles. The smallest absolute Gasteiger partial charge is 0.146 e. The van der Waals surface area contributed by atoms with Gasteiger partial charge in [-0.15, -0.1) is 0 Å². The quantitative estimate of drug-likeness (QED) is 0.722. The Hall–Kier alpha value is -1.14. The Morgan fingerprint density at radius 1 is 1.38 bits per heavy atom. The molecule has 3 rings (SSSR count). The molecule has 6 heteroatoms. The summed E-state index contributed by atoms with van der Waals surface area (Å²) in [5.41, 5.74) is 6.67. The van der Waals surface area contributed by atoms with E-state index in [1.807, 2.05) is 30.3 Å². The Kier molecular flexibility index (Phi) is 5.16. The predicted molar refractivity (Wildman–Crippen MR) is 95.9 cm³/mol. The summed E-state index contributed by atoms with van der Waals surface area (Å²) >= 11 is 9.40. The molecule has 0 saturated heterocycles. The van der Waals surface area contributed by atoms with Crippen molar-refractivity contribution in [2.75, 3.05) is 6.54 Å². The van der Waals surface area contributed by atoms with Crippen LogP contribution in [0, 0.1) is 5.82 Å². The van der Waals surface area contributed by atoms with Gasteiger partial charge in [0.2, 0.25) is 0 Å². The second-order valence-corrected chi connectivity index (χ2v) is 7.20. The van der Waals surface area contributed by atoms with Crippen molar-refractivity contribution in [1.82, 2.24) is 0 Å². The van der Waals surface area contributed by atoms with Crippen LogP contribution in [0.25, 0.3) is 0 Å². The molecule has 0 radical (unpaired) electrons. The summed E-state index contributed by atoms with van der Waals surface area (Å²) in [6.45, 7) is 0.196. The summed E-state index contributed by atoms with van der Waals surface area (Å²) in [6, 6.07) is 11.1. The molecule has 0 spiro atoms. The molecular formula is C18H18BrClFNO2. The first-order valence-electron chi connectivity index (χ1n) is 7.76. The van der Waals surface area contributed by atoms with Crippen molar-refractivity contribution in [1.29, 1.82) is 0 Å². The lowest BCUT2D eigenvalue weighted by molar-refractivity contribution is 0.0583. The Bertz CT molecular complexity index is 744. The monoisotopic (exact) mass is 413 g/mol. The highest BCUT2D eigenvalue weighted by Gasteiger charge is 2.42. The van der Waals surface area contributed by atoms with Gasteiger partial charge >= 0.3 is 0 Å². The third-order valence-electron chi connectivity index (χ3n) is 4.44. The highest BCUT2D eigenvalue weighted by atomic mass is 79.9. The molecule has 1 aliphatic rings. The molecule has 0 saturated carbocycles. The zero-order chi connectivity index (χ0) is 17.3. The lowest BCUT2D eigenvalue weighted by Gasteiger charge is -2.30. The van der Waals surface area contributed by atoms with E-state index in [4.69, 9.17) is 22.1 Å². The Morgan fingerprint density at radius 2 is 2.08 bits per heavy atom. The molecule has 2 aromatic carbocycles. The Balaban J connectivity index is 2.01. The molecule has 128 valence electrons. The van der Waals surface area contributed by atoms with E-state index in [0.29, 0.717) is 29.5 Å². The minimum atomic E-state index is -0.667.